The lowest BCUT2D eigenvalue weighted by atomic mass is 10.0. The van der Waals surface area contributed by atoms with Gasteiger partial charge in [-0.25, -0.2) is 0 Å². The first kappa shape index (κ1) is 48.6. The summed E-state index contributed by atoms with van der Waals surface area (Å²) in [6.07, 6.45) is 46.7. The topological polar surface area (TPSA) is 40.1 Å². The molecule has 3 nitrogen and oxygen atoms in total. The summed E-state index contributed by atoms with van der Waals surface area (Å²) < 4.78 is 1.48. The van der Waals surface area contributed by atoms with E-state index in [0.29, 0.717) is 0 Å². The Morgan fingerprint density at radius 3 is 0.800 bits per heavy atom. The van der Waals surface area contributed by atoms with Crippen molar-refractivity contribution in [1.29, 1.82) is 0 Å². The predicted molar refractivity (Wildman–Crippen MR) is 221 cm³/mol. The van der Waals surface area contributed by atoms with E-state index in [1.165, 1.54) is 248 Å². The number of quaternary nitrogens is 1. The number of aromatic carboxylic acids is 1. The molecule has 0 aliphatic carbocycles. The van der Waals surface area contributed by atoms with Gasteiger partial charge in [-0.3, -0.25) is 0 Å². The molecule has 0 bridgehead atoms. The van der Waals surface area contributed by atoms with Crippen LogP contribution in [0.4, 0.5) is 0 Å². The molecule has 294 valence electrons. The van der Waals surface area contributed by atoms with E-state index in [9.17, 15) is 9.90 Å². The SMILES string of the molecule is CCCCCCCCCC[N+](CCCCCCCCCC)(CCCCCCCCCC)CCCCCCCCCC.O=C([O-])c1ccccc1. The van der Waals surface area contributed by atoms with Gasteiger partial charge < -0.3 is 14.4 Å². The van der Waals surface area contributed by atoms with E-state index in [4.69, 9.17) is 0 Å². The number of nitrogens with zero attached hydrogens (tertiary/aromatic N) is 1. The van der Waals surface area contributed by atoms with Gasteiger partial charge in [0.25, 0.3) is 0 Å². The normalized spacial score (nSPS) is 11.4. The molecular weight excluding hydrogens is 611 g/mol. The molecule has 0 fully saturated rings. The van der Waals surface area contributed by atoms with E-state index in [-0.39, 0.29) is 5.56 Å². The zero-order valence-corrected chi connectivity index (χ0v) is 34.6. The quantitative estimate of drug-likeness (QED) is 0.0512. The first-order valence-corrected chi connectivity index (χ1v) is 22.7. The Balaban J connectivity index is 0.00000229. The van der Waals surface area contributed by atoms with Crippen LogP contribution >= 0.6 is 0 Å². The Hall–Kier alpha value is -1.35. The van der Waals surface area contributed by atoms with Gasteiger partial charge in [0, 0.05) is 0 Å². The Bertz CT molecular complexity index is 708. The van der Waals surface area contributed by atoms with Crippen LogP contribution in [0, 0.1) is 0 Å². The van der Waals surface area contributed by atoms with Crippen LogP contribution in [0.25, 0.3) is 0 Å². The molecule has 1 aromatic carbocycles. The summed E-state index contributed by atoms with van der Waals surface area (Å²) in [6.45, 7) is 15.3. The number of hydrogen-bond donors (Lipinski definition) is 0. The van der Waals surface area contributed by atoms with Gasteiger partial charge in [0.05, 0.1) is 32.1 Å². The first-order valence-electron chi connectivity index (χ1n) is 22.7. The Morgan fingerprint density at radius 2 is 0.600 bits per heavy atom. The van der Waals surface area contributed by atoms with Gasteiger partial charge in [0.15, 0.2) is 0 Å². The smallest absolute Gasteiger partial charge is 0.0786 e. The van der Waals surface area contributed by atoms with Crippen LogP contribution in [0.15, 0.2) is 30.3 Å². The van der Waals surface area contributed by atoms with Crippen molar-refractivity contribution in [1.82, 2.24) is 0 Å². The minimum atomic E-state index is -1.13. The Labute approximate surface area is 314 Å². The van der Waals surface area contributed by atoms with Crippen LogP contribution < -0.4 is 5.11 Å². The second kappa shape index (κ2) is 38.9. The van der Waals surface area contributed by atoms with Crippen LogP contribution in [-0.2, 0) is 0 Å². The van der Waals surface area contributed by atoms with Crippen molar-refractivity contribution in [2.45, 2.75) is 233 Å². The summed E-state index contributed by atoms with van der Waals surface area (Å²) in [5.41, 5.74) is 0.220. The molecule has 0 atom stereocenters. The van der Waals surface area contributed by atoms with Gasteiger partial charge >= 0.3 is 0 Å². The van der Waals surface area contributed by atoms with Crippen LogP contribution in [0.1, 0.15) is 244 Å². The molecular formula is C47H89NO2. The monoisotopic (exact) mass is 700 g/mol. The van der Waals surface area contributed by atoms with Crippen molar-refractivity contribution in [2.75, 3.05) is 26.2 Å². The Kier molecular flexibility index (Phi) is 37.8. The molecule has 0 unspecified atom stereocenters. The molecule has 1 rings (SSSR count). The van der Waals surface area contributed by atoms with Crippen LogP contribution in [-0.4, -0.2) is 36.6 Å². The second-order valence-corrected chi connectivity index (χ2v) is 15.8. The lowest BCUT2D eigenvalue weighted by Gasteiger charge is -2.40. The number of carbonyl (C=O) groups excluding carboxylic acids is 1. The van der Waals surface area contributed by atoms with E-state index >= 15 is 0 Å². The molecule has 0 radical (unpaired) electrons. The summed E-state index contributed by atoms with van der Waals surface area (Å²) in [5.74, 6) is -1.13. The summed E-state index contributed by atoms with van der Waals surface area (Å²) in [5, 5.41) is 10.1. The molecule has 1 aromatic rings. The van der Waals surface area contributed by atoms with Gasteiger partial charge in [-0.15, -0.1) is 0 Å². The fourth-order valence-electron chi connectivity index (χ4n) is 7.57. The van der Waals surface area contributed by atoms with E-state index in [0.717, 1.165) is 0 Å². The van der Waals surface area contributed by atoms with Gasteiger partial charge in [-0.2, -0.15) is 0 Å². The average Bonchev–Trinajstić information content (AvgIpc) is 3.13. The second-order valence-electron chi connectivity index (χ2n) is 15.8. The maximum absolute atomic E-state index is 10.1. The fourth-order valence-corrected chi connectivity index (χ4v) is 7.57. The molecule has 50 heavy (non-hydrogen) atoms. The summed E-state index contributed by atoms with van der Waals surface area (Å²) >= 11 is 0. The van der Waals surface area contributed by atoms with E-state index < -0.39 is 5.97 Å². The summed E-state index contributed by atoms with van der Waals surface area (Å²) in [7, 11) is 0. The number of unbranched alkanes of at least 4 members (excludes halogenated alkanes) is 28. The van der Waals surface area contributed by atoms with Gasteiger partial charge in [0.1, 0.15) is 0 Å². The van der Waals surface area contributed by atoms with Crippen molar-refractivity contribution in [3.63, 3.8) is 0 Å². The minimum Gasteiger partial charge on any atom is -0.545 e. The zero-order valence-electron chi connectivity index (χ0n) is 34.6. The highest BCUT2D eigenvalue weighted by Crippen LogP contribution is 2.21. The summed E-state index contributed by atoms with van der Waals surface area (Å²) in [6, 6.07) is 8.06. The molecule has 0 amide bonds. The maximum atomic E-state index is 10.1. The average molecular weight is 700 g/mol. The van der Waals surface area contributed by atoms with E-state index in [2.05, 4.69) is 27.7 Å². The van der Waals surface area contributed by atoms with Crippen molar-refractivity contribution in [3.8, 4) is 0 Å². The number of carboxylic acid groups (broad SMARTS) is 1. The van der Waals surface area contributed by atoms with E-state index in [1.54, 1.807) is 18.2 Å². The molecule has 0 N–H and O–H groups in total. The molecule has 0 spiro atoms. The fraction of sp³-hybridized carbons (Fsp3) is 0.851. The third-order valence-electron chi connectivity index (χ3n) is 11.0. The van der Waals surface area contributed by atoms with Crippen LogP contribution in [0.5, 0.6) is 0 Å². The van der Waals surface area contributed by atoms with Gasteiger partial charge in [-0.1, -0.05) is 212 Å². The molecule has 0 aliphatic rings. The lowest BCUT2D eigenvalue weighted by molar-refractivity contribution is -0.929. The van der Waals surface area contributed by atoms with Crippen molar-refractivity contribution in [3.05, 3.63) is 35.9 Å². The largest absolute Gasteiger partial charge is 0.545 e. The van der Waals surface area contributed by atoms with Crippen LogP contribution in [0.2, 0.25) is 0 Å². The molecule has 0 aliphatic heterocycles. The third kappa shape index (κ3) is 32.6. The molecule has 3 heteroatoms. The number of hydrogen-bond acceptors (Lipinski definition) is 2. The van der Waals surface area contributed by atoms with Crippen molar-refractivity contribution >= 4 is 5.97 Å². The summed E-state index contributed by atoms with van der Waals surface area (Å²) in [4.78, 5) is 10.1. The molecule has 0 aromatic heterocycles. The van der Waals surface area contributed by atoms with Crippen LogP contribution in [0.3, 0.4) is 0 Å². The standard InChI is InChI=1S/C40H84N.C7H6O2/c1-5-9-13-17-21-25-29-33-37-41(38-34-30-26-22-18-14-10-6-2,39-35-31-27-23-19-15-11-7-3)40-36-32-28-24-20-16-12-8-4;8-7(9)6-4-2-1-3-5-6/h5-40H2,1-4H3;1-5H,(H,8,9)/q+1;/p-1. The number of carboxylic acids is 1. The highest BCUT2D eigenvalue weighted by atomic mass is 16.4. The maximum Gasteiger partial charge on any atom is 0.0786 e. The predicted octanol–water partition coefficient (Wildman–Crippen LogP) is 14.4. The van der Waals surface area contributed by atoms with E-state index in [1.807, 2.05) is 0 Å². The highest BCUT2D eigenvalue weighted by molar-refractivity contribution is 5.85. The Morgan fingerprint density at radius 1 is 0.380 bits per heavy atom. The van der Waals surface area contributed by atoms with Crippen molar-refractivity contribution in [2.24, 2.45) is 0 Å². The lowest BCUT2D eigenvalue weighted by Crippen LogP contribution is -2.50. The number of carbonyl (C=O) groups is 1. The first-order chi connectivity index (χ1) is 24.5. The van der Waals surface area contributed by atoms with Gasteiger partial charge in [0.2, 0.25) is 0 Å². The van der Waals surface area contributed by atoms with Gasteiger partial charge in [-0.05, 0) is 56.9 Å². The highest BCUT2D eigenvalue weighted by Gasteiger charge is 2.25. The number of benzene rings is 1. The number of rotatable bonds is 37. The zero-order chi connectivity index (χ0) is 36.6. The minimum absolute atomic E-state index is 0.220. The van der Waals surface area contributed by atoms with Crippen molar-refractivity contribution < 1.29 is 14.4 Å². The molecule has 0 heterocycles. The molecule has 0 saturated heterocycles. The third-order valence-corrected chi connectivity index (χ3v) is 11.0. The molecule has 0 saturated carbocycles.